The van der Waals surface area contributed by atoms with Crippen LogP contribution in [0.15, 0.2) is 42.5 Å². The fourth-order valence-electron chi connectivity index (χ4n) is 5.27. The summed E-state index contributed by atoms with van der Waals surface area (Å²) in [5.41, 5.74) is 1.75. The molecule has 2 fully saturated rings. The van der Waals surface area contributed by atoms with Crippen LogP contribution in [0, 0.1) is 11.7 Å². The maximum absolute atomic E-state index is 14.3. The van der Waals surface area contributed by atoms with Crippen molar-refractivity contribution < 1.29 is 18.7 Å². The molecule has 0 unspecified atom stereocenters. The molecule has 2 aromatic rings. The number of amides is 1. The van der Waals surface area contributed by atoms with E-state index in [1.54, 1.807) is 6.07 Å². The summed E-state index contributed by atoms with van der Waals surface area (Å²) < 4.78 is 25.4. The number of anilines is 1. The third-order valence-electron chi connectivity index (χ3n) is 7.18. The van der Waals surface area contributed by atoms with Crippen molar-refractivity contribution in [3.63, 3.8) is 0 Å². The summed E-state index contributed by atoms with van der Waals surface area (Å²) in [7, 11) is 0. The van der Waals surface area contributed by atoms with Crippen molar-refractivity contribution in [2.24, 2.45) is 5.92 Å². The highest BCUT2D eigenvalue weighted by Gasteiger charge is 2.29. The lowest BCUT2D eigenvalue weighted by atomic mass is 9.88. The van der Waals surface area contributed by atoms with Gasteiger partial charge in [-0.3, -0.25) is 9.69 Å². The van der Waals surface area contributed by atoms with Gasteiger partial charge in [-0.15, -0.1) is 0 Å². The SMILES string of the molecule is O=C(NC[C@H](c1ccc2c(c1)OCO2)N1CCN(c2ccccc2F)CC1)C1CCCCC1. The number of benzene rings is 2. The molecule has 2 aromatic carbocycles. The summed E-state index contributed by atoms with van der Waals surface area (Å²) in [6.45, 7) is 3.83. The number of hydrogen-bond donors (Lipinski definition) is 1. The number of piperazine rings is 1. The molecule has 33 heavy (non-hydrogen) atoms. The fraction of sp³-hybridized carbons (Fsp3) is 0.500. The van der Waals surface area contributed by atoms with Crippen LogP contribution in [-0.2, 0) is 4.79 Å². The standard InChI is InChI=1S/C26H32FN3O3/c27-21-8-4-5-9-22(21)29-12-14-30(15-13-29)23(17-28-26(31)19-6-2-1-3-7-19)20-10-11-24-25(16-20)33-18-32-24/h4-5,8-11,16,19,23H,1-3,6-7,12-15,17-18H2,(H,28,31)/t23-/m1/s1. The van der Waals surface area contributed by atoms with Crippen molar-refractivity contribution in [1.82, 2.24) is 10.2 Å². The largest absolute Gasteiger partial charge is 0.454 e. The van der Waals surface area contributed by atoms with Crippen molar-refractivity contribution >= 4 is 11.6 Å². The minimum Gasteiger partial charge on any atom is -0.454 e. The highest BCUT2D eigenvalue weighted by molar-refractivity contribution is 5.78. The summed E-state index contributed by atoms with van der Waals surface area (Å²) in [4.78, 5) is 17.3. The van der Waals surface area contributed by atoms with Gasteiger partial charge >= 0.3 is 0 Å². The van der Waals surface area contributed by atoms with Crippen LogP contribution in [0.3, 0.4) is 0 Å². The zero-order valence-electron chi connectivity index (χ0n) is 19.0. The number of fused-ring (bicyclic) bond motifs is 1. The van der Waals surface area contributed by atoms with Gasteiger partial charge in [-0.05, 0) is 42.7 Å². The average Bonchev–Trinajstić information content (AvgIpc) is 3.33. The second-order valence-electron chi connectivity index (χ2n) is 9.18. The molecule has 2 aliphatic heterocycles. The fourth-order valence-corrected chi connectivity index (χ4v) is 5.27. The zero-order valence-corrected chi connectivity index (χ0v) is 19.0. The Morgan fingerprint density at radius 2 is 1.76 bits per heavy atom. The minimum absolute atomic E-state index is 0.0230. The number of halogens is 1. The molecule has 2 heterocycles. The van der Waals surface area contributed by atoms with Crippen molar-refractivity contribution in [2.45, 2.75) is 38.1 Å². The van der Waals surface area contributed by atoms with Gasteiger partial charge < -0.3 is 19.7 Å². The second-order valence-corrected chi connectivity index (χ2v) is 9.18. The Morgan fingerprint density at radius 1 is 1.00 bits per heavy atom. The smallest absolute Gasteiger partial charge is 0.231 e. The summed E-state index contributed by atoms with van der Waals surface area (Å²) in [6.07, 6.45) is 5.49. The van der Waals surface area contributed by atoms with Crippen molar-refractivity contribution in [2.75, 3.05) is 44.4 Å². The van der Waals surface area contributed by atoms with Crippen LogP contribution in [-0.4, -0.2) is 50.3 Å². The molecule has 0 spiro atoms. The van der Waals surface area contributed by atoms with E-state index >= 15 is 0 Å². The van der Waals surface area contributed by atoms with Gasteiger partial charge in [-0.25, -0.2) is 4.39 Å². The molecule has 1 saturated carbocycles. The normalized spacial score (nSPS) is 20.0. The Morgan fingerprint density at radius 3 is 2.55 bits per heavy atom. The molecule has 0 radical (unpaired) electrons. The van der Waals surface area contributed by atoms with Gasteiger partial charge in [0.05, 0.1) is 11.7 Å². The maximum atomic E-state index is 14.3. The van der Waals surface area contributed by atoms with E-state index in [-0.39, 0.29) is 30.5 Å². The van der Waals surface area contributed by atoms with Gasteiger partial charge in [0.1, 0.15) is 5.82 Å². The molecular weight excluding hydrogens is 421 g/mol. The van der Waals surface area contributed by atoms with Crippen molar-refractivity contribution in [3.8, 4) is 11.5 Å². The summed E-state index contributed by atoms with van der Waals surface area (Å²) in [5.74, 6) is 1.63. The quantitative estimate of drug-likeness (QED) is 0.713. The van der Waals surface area contributed by atoms with Crippen LogP contribution in [0.5, 0.6) is 11.5 Å². The predicted molar refractivity (Wildman–Crippen MR) is 125 cm³/mol. The number of rotatable bonds is 6. The van der Waals surface area contributed by atoms with Crippen molar-refractivity contribution in [1.29, 1.82) is 0 Å². The highest BCUT2D eigenvalue weighted by Crippen LogP contribution is 2.36. The molecule has 1 N–H and O–H groups in total. The van der Waals surface area contributed by atoms with Gasteiger partial charge in [-0.2, -0.15) is 0 Å². The topological polar surface area (TPSA) is 54.0 Å². The molecule has 1 saturated heterocycles. The Kier molecular flexibility index (Phi) is 6.67. The first-order valence-electron chi connectivity index (χ1n) is 12.1. The Bertz CT molecular complexity index is 971. The molecule has 0 bridgehead atoms. The van der Waals surface area contributed by atoms with Crippen LogP contribution >= 0.6 is 0 Å². The lowest BCUT2D eigenvalue weighted by molar-refractivity contribution is -0.126. The second kappa shape index (κ2) is 10.00. The van der Waals surface area contributed by atoms with Crippen LogP contribution in [0.4, 0.5) is 10.1 Å². The van der Waals surface area contributed by atoms with Gasteiger partial charge in [-0.1, -0.05) is 37.5 Å². The first-order chi connectivity index (χ1) is 16.2. The molecule has 0 aromatic heterocycles. The molecule has 176 valence electrons. The monoisotopic (exact) mass is 453 g/mol. The molecule has 6 nitrogen and oxygen atoms in total. The Balaban J connectivity index is 1.29. The number of nitrogens with one attached hydrogen (secondary N) is 1. The zero-order chi connectivity index (χ0) is 22.6. The average molecular weight is 454 g/mol. The molecule has 1 atom stereocenters. The van der Waals surface area contributed by atoms with Crippen LogP contribution in [0.1, 0.15) is 43.7 Å². The van der Waals surface area contributed by atoms with E-state index in [0.717, 1.165) is 68.9 Å². The van der Waals surface area contributed by atoms with E-state index < -0.39 is 0 Å². The van der Waals surface area contributed by atoms with Gasteiger partial charge in [0, 0.05) is 38.6 Å². The van der Waals surface area contributed by atoms with Gasteiger partial charge in [0.15, 0.2) is 11.5 Å². The van der Waals surface area contributed by atoms with E-state index in [4.69, 9.17) is 9.47 Å². The van der Waals surface area contributed by atoms with E-state index in [0.29, 0.717) is 12.2 Å². The number of para-hydroxylation sites is 1. The van der Waals surface area contributed by atoms with Crippen LogP contribution < -0.4 is 19.7 Å². The third-order valence-corrected chi connectivity index (χ3v) is 7.18. The lowest BCUT2D eigenvalue weighted by Gasteiger charge is -2.40. The minimum atomic E-state index is -0.182. The highest BCUT2D eigenvalue weighted by atomic mass is 19.1. The number of hydrogen-bond acceptors (Lipinski definition) is 5. The Labute approximate surface area is 194 Å². The number of ether oxygens (including phenoxy) is 2. The number of carbonyl (C=O) groups is 1. The Hall–Kier alpha value is -2.80. The van der Waals surface area contributed by atoms with Gasteiger partial charge in [0.25, 0.3) is 0 Å². The van der Waals surface area contributed by atoms with Crippen molar-refractivity contribution in [3.05, 3.63) is 53.8 Å². The molecule has 1 amide bonds. The summed E-state index contributed by atoms with van der Waals surface area (Å²) in [6, 6.07) is 13.0. The van der Waals surface area contributed by atoms with Gasteiger partial charge in [0.2, 0.25) is 12.7 Å². The van der Waals surface area contributed by atoms with Crippen LogP contribution in [0.2, 0.25) is 0 Å². The molecule has 7 heteroatoms. The van der Waals surface area contributed by atoms with E-state index in [2.05, 4.69) is 21.2 Å². The first kappa shape index (κ1) is 22.0. The molecule has 5 rings (SSSR count). The number of carbonyl (C=O) groups excluding carboxylic acids is 1. The maximum Gasteiger partial charge on any atom is 0.231 e. The first-order valence-corrected chi connectivity index (χ1v) is 12.1. The van der Waals surface area contributed by atoms with Crippen LogP contribution in [0.25, 0.3) is 0 Å². The van der Waals surface area contributed by atoms with E-state index in [1.807, 2.05) is 24.3 Å². The molecule has 1 aliphatic carbocycles. The lowest BCUT2D eigenvalue weighted by Crippen LogP contribution is -2.50. The van der Waals surface area contributed by atoms with E-state index in [1.165, 1.54) is 12.5 Å². The predicted octanol–water partition coefficient (Wildman–Crippen LogP) is 4.11. The molecule has 3 aliphatic rings. The van der Waals surface area contributed by atoms with E-state index in [9.17, 15) is 9.18 Å². The number of nitrogens with zero attached hydrogens (tertiary/aromatic N) is 2. The summed E-state index contributed by atoms with van der Waals surface area (Å²) >= 11 is 0. The molecular formula is C26H32FN3O3. The third kappa shape index (κ3) is 4.93. The summed E-state index contributed by atoms with van der Waals surface area (Å²) in [5, 5.41) is 3.24.